The second kappa shape index (κ2) is 4.96. The maximum absolute atomic E-state index is 9.31. The van der Waals surface area contributed by atoms with Gasteiger partial charge < -0.3 is 15.3 Å². The average Bonchev–Trinajstić information content (AvgIpc) is 2.30. The van der Waals surface area contributed by atoms with Crippen molar-refractivity contribution < 1.29 is 5.11 Å². The quantitative estimate of drug-likeness (QED) is 0.852. The van der Waals surface area contributed by atoms with Crippen molar-refractivity contribution in [3.8, 4) is 0 Å². The molecule has 0 amide bonds. The molecule has 15 heavy (non-hydrogen) atoms. The third-order valence-electron chi connectivity index (χ3n) is 2.67. The molecule has 0 bridgehead atoms. The molecular formula is C11H15BrN2O. The van der Waals surface area contributed by atoms with Gasteiger partial charge in [0.15, 0.2) is 0 Å². The van der Waals surface area contributed by atoms with Crippen LogP contribution in [0.5, 0.6) is 0 Å². The Hall–Kier alpha value is -0.580. The Morgan fingerprint density at radius 3 is 2.73 bits per heavy atom. The lowest BCUT2D eigenvalue weighted by molar-refractivity contribution is 0.282. The Labute approximate surface area is 98.2 Å². The highest BCUT2D eigenvalue weighted by molar-refractivity contribution is 9.10. The number of benzene rings is 1. The van der Waals surface area contributed by atoms with E-state index in [9.17, 15) is 5.11 Å². The van der Waals surface area contributed by atoms with E-state index in [2.05, 4.69) is 32.2 Å². The van der Waals surface area contributed by atoms with Gasteiger partial charge in [-0.1, -0.05) is 15.9 Å². The van der Waals surface area contributed by atoms with Crippen molar-refractivity contribution in [3.05, 3.63) is 28.2 Å². The molecule has 82 valence electrons. The van der Waals surface area contributed by atoms with Gasteiger partial charge in [-0.3, -0.25) is 0 Å². The highest BCUT2D eigenvalue weighted by atomic mass is 79.9. The molecule has 1 aliphatic heterocycles. The van der Waals surface area contributed by atoms with E-state index < -0.39 is 0 Å². The Kier molecular flexibility index (Phi) is 3.61. The Morgan fingerprint density at radius 1 is 1.33 bits per heavy atom. The molecule has 1 aromatic rings. The number of anilines is 1. The van der Waals surface area contributed by atoms with E-state index in [-0.39, 0.29) is 6.61 Å². The molecule has 1 aliphatic rings. The van der Waals surface area contributed by atoms with Gasteiger partial charge in [0.1, 0.15) is 0 Å². The van der Waals surface area contributed by atoms with Crippen LogP contribution in [0.1, 0.15) is 5.56 Å². The number of hydrogen-bond acceptors (Lipinski definition) is 3. The second-order valence-electron chi connectivity index (χ2n) is 3.67. The fourth-order valence-electron chi connectivity index (χ4n) is 1.89. The van der Waals surface area contributed by atoms with E-state index in [1.807, 2.05) is 12.1 Å². The number of nitrogens with one attached hydrogen (secondary N) is 1. The largest absolute Gasteiger partial charge is 0.392 e. The van der Waals surface area contributed by atoms with Crippen molar-refractivity contribution in [1.82, 2.24) is 5.32 Å². The van der Waals surface area contributed by atoms with Gasteiger partial charge in [0, 0.05) is 41.9 Å². The number of hydrogen-bond donors (Lipinski definition) is 2. The van der Waals surface area contributed by atoms with E-state index in [0.29, 0.717) is 0 Å². The lowest BCUT2D eigenvalue weighted by atomic mass is 10.1. The zero-order chi connectivity index (χ0) is 10.7. The van der Waals surface area contributed by atoms with Crippen molar-refractivity contribution in [2.24, 2.45) is 0 Å². The summed E-state index contributed by atoms with van der Waals surface area (Å²) in [6.07, 6.45) is 0. The van der Waals surface area contributed by atoms with Gasteiger partial charge in [-0.2, -0.15) is 0 Å². The molecule has 3 nitrogen and oxygen atoms in total. The first-order chi connectivity index (χ1) is 7.31. The summed E-state index contributed by atoms with van der Waals surface area (Å²) in [5.41, 5.74) is 2.15. The van der Waals surface area contributed by atoms with Gasteiger partial charge in [-0.25, -0.2) is 0 Å². The van der Waals surface area contributed by atoms with Gasteiger partial charge in [0.2, 0.25) is 0 Å². The summed E-state index contributed by atoms with van der Waals surface area (Å²) in [7, 11) is 0. The maximum Gasteiger partial charge on any atom is 0.0702 e. The smallest absolute Gasteiger partial charge is 0.0702 e. The molecule has 1 saturated heterocycles. The van der Waals surface area contributed by atoms with Crippen LogP contribution in [0, 0.1) is 0 Å². The second-order valence-corrected chi connectivity index (χ2v) is 4.58. The molecule has 0 aromatic heterocycles. The van der Waals surface area contributed by atoms with Gasteiger partial charge in [-0.15, -0.1) is 0 Å². The van der Waals surface area contributed by atoms with Crippen LogP contribution in [0.2, 0.25) is 0 Å². The molecular weight excluding hydrogens is 256 g/mol. The molecule has 0 atom stereocenters. The molecule has 0 unspecified atom stereocenters. The lowest BCUT2D eigenvalue weighted by Crippen LogP contribution is -2.43. The van der Waals surface area contributed by atoms with Crippen molar-refractivity contribution in [2.45, 2.75) is 6.61 Å². The number of rotatable bonds is 2. The van der Waals surface area contributed by atoms with E-state index in [1.54, 1.807) is 0 Å². The first kappa shape index (κ1) is 10.9. The van der Waals surface area contributed by atoms with Crippen LogP contribution < -0.4 is 10.2 Å². The third-order valence-corrected chi connectivity index (χ3v) is 3.16. The number of piperazine rings is 1. The summed E-state index contributed by atoms with van der Waals surface area (Å²) >= 11 is 3.42. The van der Waals surface area contributed by atoms with Crippen LogP contribution >= 0.6 is 15.9 Å². The van der Waals surface area contributed by atoms with Crippen LogP contribution in [0.15, 0.2) is 22.7 Å². The van der Waals surface area contributed by atoms with Crippen molar-refractivity contribution >= 4 is 21.6 Å². The number of halogens is 1. The Balaban J connectivity index is 2.25. The zero-order valence-corrected chi connectivity index (χ0v) is 10.1. The summed E-state index contributed by atoms with van der Waals surface area (Å²) in [5, 5.41) is 12.6. The van der Waals surface area contributed by atoms with Gasteiger partial charge in [0.25, 0.3) is 0 Å². The van der Waals surface area contributed by atoms with Crippen molar-refractivity contribution in [3.63, 3.8) is 0 Å². The zero-order valence-electron chi connectivity index (χ0n) is 8.54. The van der Waals surface area contributed by atoms with Crippen LogP contribution in [0.4, 0.5) is 5.69 Å². The standard InChI is InChI=1S/C11H15BrN2O/c12-10-1-2-11(9(7-10)8-15)14-5-3-13-4-6-14/h1-2,7,13,15H,3-6,8H2. The summed E-state index contributed by atoms with van der Waals surface area (Å²) < 4.78 is 1.02. The molecule has 0 aliphatic carbocycles. The van der Waals surface area contributed by atoms with Crippen LogP contribution in [0.25, 0.3) is 0 Å². The summed E-state index contributed by atoms with van der Waals surface area (Å²) in [5.74, 6) is 0. The SMILES string of the molecule is OCc1cc(Br)ccc1N1CCNCC1. The first-order valence-electron chi connectivity index (χ1n) is 5.16. The third kappa shape index (κ3) is 2.51. The van der Waals surface area contributed by atoms with Gasteiger partial charge in [-0.05, 0) is 18.2 Å². The topological polar surface area (TPSA) is 35.5 Å². The van der Waals surface area contributed by atoms with Gasteiger partial charge >= 0.3 is 0 Å². The fourth-order valence-corrected chi connectivity index (χ4v) is 2.30. The predicted octanol–water partition coefficient (Wildman–Crippen LogP) is 1.35. The van der Waals surface area contributed by atoms with E-state index in [1.165, 1.54) is 0 Å². The predicted molar refractivity (Wildman–Crippen MR) is 65.1 cm³/mol. The molecule has 2 N–H and O–H groups in total. The normalized spacial score (nSPS) is 16.8. The van der Waals surface area contributed by atoms with Crippen molar-refractivity contribution in [1.29, 1.82) is 0 Å². The first-order valence-corrected chi connectivity index (χ1v) is 5.95. The van der Waals surface area contributed by atoms with Gasteiger partial charge in [0.05, 0.1) is 6.61 Å². The minimum absolute atomic E-state index is 0.0959. The van der Waals surface area contributed by atoms with Crippen LogP contribution in [0.3, 0.4) is 0 Å². The fraction of sp³-hybridized carbons (Fsp3) is 0.455. The molecule has 1 aromatic carbocycles. The molecule has 0 saturated carbocycles. The average molecular weight is 271 g/mol. The minimum atomic E-state index is 0.0959. The Morgan fingerprint density at radius 2 is 2.07 bits per heavy atom. The molecule has 4 heteroatoms. The Bertz CT molecular complexity index is 337. The summed E-state index contributed by atoms with van der Waals surface area (Å²) in [6, 6.07) is 6.08. The highest BCUT2D eigenvalue weighted by Gasteiger charge is 2.13. The molecule has 1 fully saturated rings. The highest BCUT2D eigenvalue weighted by Crippen LogP contribution is 2.24. The molecule has 1 heterocycles. The number of aliphatic hydroxyl groups excluding tert-OH is 1. The summed E-state index contributed by atoms with van der Waals surface area (Å²) in [6.45, 7) is 4.14. The molecule has 0 radical (unpaired) electrons. The van der Waals surface area contributed by atoms with Crippen LogP contribution in [-0.2, 0) is 6.61 Å². The van der Waals surface area contributed by atoms with E-state index in [0.717, 1.165) is 41.9 Å². The minimum Gasteiger partial charge on any atom is -0.392 e. The number of aliphatic hydroxyl groups is 1. The maximum atomic E-state index is 9.31. The van der Waals surface area contributed by atoms with E-state index in [4.69, 9.17) is 0 Å². The van der Waals surface area contributed by atoms with Crippen LogP contribution in [-0.4, -0.2) is 31.3 Å². The lowest BCUT2D eigenvalue weighted by Gasteiger charge is -2.31. The number of nitrogens with zero attached hydrogens (tertiary/aromatic N) is 1. The summed E-state index contributed by atoms with van der Waals surface area (Å²) in [4.78, 5) is 2.31. The monoisotopic (exact) mass is 270 g/mol. The molecule has 0 spiro atoms. The van der Waals surface area contributed by atoms with Crippen molar-refractivity contribution in [2.75, 3.05) is 31.1 Å². The van der Waals surface area contributed by atoms with E-state index >= 15 is 0 Å². The molecule has 2 rings (SSSR count).